The van der Waals surface area contributed by atoms with Crippen LogP contribution in [0.2, 0.25) is 5.02 Å². The molecule has 0 bridgehead atoms. The molecule has 29 heavy (non-hydrogen) atoms. The van der Waals surface area contributed by atoms with Gasteiger partial charge in [-0.2, -0.15) is 10.2 Å². The van der Waals surface area contributed by atoms with E-state index in [-0.39, 0.29) is 18.1 Å². The number of hydrogen-bond acceptors (Lipinski definition) is 7. The number of aromatic nitrogens is 6. The molecule has 0 saturated heterocycles. The quantitative estimate of drug-likeness (QED) is 0.461. The van der Waals surface area contributed by atoms with Gasteiger partial charge < -0.3 is 0 Å². The van der Waals surface area contributed by atoms with Gasteiger partial charge in [0.15, 0.2) is 5.82 Å². The highest BCUT2D eigenvalue weighted by molar-refractivity contribution is 7.18. The zero-order chi connectivity index (χ0) is 20.5. The number of carbonyl (C=O) groups excluding carboxylic acids is 1. The van der Waals surface area contributed by atoms with Gasteiger partial charge in [-0.25, -0.2) is 15.0 Å². The first-order valence-electron chi connectivity index (χ1n) is 9.20. The minimum atomic E-state index is 0.0721. The van der Waals surface area contributed by atoms with Crippen LogP contribution in [0.3, 0.4) is 0 Å². The van der Waals surface area contributed by atoms with Gasteiger partial charge in [0.05, 0.1) is 22.4 Å². The van der Waals surface area contributed by atoms with Gasteiger partial charge in [-0.3, -0.25) is 4.79 Å². The lowest BCUT2D eigenvalue weighted by atomic mass is 9.94. The number of ketones is 1. The Bertz CT molecular complexity index is 1190. The van der Waals surface area contributed by atoms with E-state index in [9.17, 15) is 4.79 Å². The second kappa shape index (κ2) is 7.96. The largest absolute Gasteiger partial charge is 0.299 e. The van der Waals surface area contributed by atoms with Crippen LogP contribution in [-0.2, 0) is 17.6 Å². The summed E-state index contributed by atoms with van der Waals surface area (Å²) in [6.45, 7) is 6.20. The minimum Gasteiger partial charge on any atom is -0.299 e. The van der Waals surface area contributed by atoms with Crippen LogP contribution in [0, 0.1) is 6.92 Å². The average Bonchev–Trinajstić information content (AvgIpc) is 3.30. The molecule has 0 N–H and O–H groups in total. The number of hydrogen-bond donors (Lipinski definition) is 0. The van der Waals surface area contributed by atoms with Gasteiger partial charge in [0.2, 0.25) is 0 Å². The van der Waals surface area contributed by atoms with Crippen LogP contribution in [0.1, 0.15) is 41.5 Å². The van der Waals surface area contributed by atoms with Crippen molar-refractivity contribution in [3.63, 3.8) is 0 Å². The summed E-state index contributed by atoms with van der Waals surface area (Å²) >= 11 is 7.88. The van der Waals surface area contributed by atoms with Crippen molar-refractivity contribution in [1.29, 1.82) is 0 Å². The van der Waals surface area contributed by atoms with Gasteiger partial charge in [0.1, 0.15) is 16.1 Å². The first-order chi connectivity index (χ1) is 13.9. The van der Waals surface area contributed by atoms with E-state index in [1.165, 1.54) is 4.80 Å². The van der Waals surface area contributed by atoms with Gasteiger partial charge in [0.25, 0.3) is 0 Å². The molecule has 4 rings (SSSR count). The number of thiazole rings is 1. The van der Waals surface area contributed by atoms with Crippen LogP contribution < -0.4 is 0 Å². The van der Waals surface area contributed by atoms with E-state index in [1.807, 2.05) is 13.1 Å². The van der Waals surface area contributed by atoms with E-state index >= 15 is 0 Å². The van der Waals surface area contributed by atoms with Crippen LogP contribution in [0.4, 0.5) is 0 Å². The number of rotatable bonds is 6. The maximum Gasteiger partial charge on any atom is 0.193 e. The number of pyridine rings is 2. The molecule has 7 nitrogen and oxygen atoms in total. The lowest BCUT2D eigenvalue weighted by Gasteiger charge is -2.13. The predicted molar refractivity (Wildman–Crippen MR) is 113 cm³/mol. The normalized spacial score (nSPS) is 11.5. The summed E-state index contributed by atoms with van der Waals surface area (Å²) in [5.41, 5.74) is 3.69. The fourth-order valence-corrected chi connectivity index (χ4v) is 4.40. The highest BCUT2D eigenvalue weighted by Crippen LogP contribution is 2.30. The number of halogens is 1. The number of aryl methyl sites for hydroxylation is 1. The molecular formula is C20H19ClN6OS. The summed E-state index contributed by atoms with van der Waals surface area (Å²) in [5.74, 6) is 0.758. The van der Waals surface area contributed by atoms with Crippen molar-refractivity contribution in [2.75, 3.05) is 0 Å². The molecule has 0 aliphatic carbocycles. The second-order valence-electron chi connectivity index (χ2n) is 7.10. The molecule has 9 heteroatoms. The van der Waals surface area contributed by atoms with Gasteiger partial charge in [-0.1, -0.05) is 36.8 Å². The van der Waals surface area contributed by atoms with Crippen molar-refractivity contribution in [3.8, 4) is 5.82 Å². The third-order valence-electron chi connectivity index (χ3n) is 4.51. The summed E-state index contributed by atoms with van der Waals surface area (Å²) in [6.07, 6.45) is 7.09. The Hall–Kier alpha value is -2.71. The lowest BCUT2D eigenvalue weighted by molar-refractivity contribution is -0.117. The monoisotopic (exact) mass is 426 g/mol. The molecule has 0 radical (unpaired) electrons. The van der Waals surface area contributed by atoms with Gasteiger partial charge in [-0.15, -0.1) is 4.80 Å². The van der Waals surface area contributed by atoms with Crippen LogP contribution in [0.5, 0.6) is 0 Å². The Morgan fingerprint density at radius 2 is 1.93 bits per heavy atom. The number of fused-ring (bicyclic) bond motifs is 1. The van der Waals surface area contributed by atoms with Gasteiger partial charge in [0, 0.05) is 25.2 Å². The summed E-state index contributed by atoms with van der Waals surface area (Å²) in [4.78, 5) is 28.5. The standard InChI is InChI=1S/C20H19ClN6OS/c1-11(2)17-14(10-23-20-18(17)26-12(3)29-20)8-15(28)6-13-7-16(21)19(22-9-13)27-24-4-5-25-27/h4-5,7,9-11H,6,8H2,1-3H3. The molecule has 4 heterocycles. The fourth-order valence-electron chi connectivity index (χ4n) is 3.36. The molecule has 4 aromatic heterocycles. The van der Waals surface area contributed by atoms with Crippen LogP contribution >= 0.6 is 22.9 Å². The molecule has 4 aromatic rings. The summed E-state index contributed by atoms with van der Waals surface area (Å²) in [6, 6.07) is 1.74. The van der Waals surface area contributed by atoms with E-state index in [2.05, 4.69) is 39.0 Å². The van der Waals surface area contributed by atoms with Crippen molar-refractivity contribution in [3.05, 3.63) is 57.6 Å². The third kappa shape index (κ3) is 4.04. The molecule has 0 aliphatic rings. The second-order valence-corrected chi connectivity index (χ2v) is 8.69. The van der Waals surface area contributed by atoms with E-state index in [1.54, 1.807) is 36.0 Å². The predicted octanol–water partition coefficient (Wildman–Crippen LogP) is 4.11. The molecule has 0 aromatic carbocycles. The zero-order valence-corrected chi connectivity index (χ0v) is 17.8. The van der Waals surface area contributed by atoms with Crippen LogP contribution in [-0.4, -0.2) is 35.7 Å². The zero-order valence-electron chi connectivity index (χ0n) is 16.3. The number of carbonyl (C=O) groups is 1. The van der Waals surface area contributed by atoms with Crippen molar-refractivity contribution >= 4 is 39.1 Å². The average molecular weight is 427 g/mol. The van der Waals surface area contributed by atoms with Crippen molar-refractivity contribution < 1.29 is 4.79 Å². The van der Waals surface area contributed by atoms with Gasteiger partial charge in [-0.05, 0) is 35.6 Å². The first-order valence-corrected chi connectivity index (χ1v) is 10.4. The van der Waals surface area contributed by atoms with Crippen molar-refractivity contribution in [1.82, 2.24) is 29.9 Å². The minimum absolute atomic E-state index is 0.0721. The molecule has 0 spiro atoms. The van der Waals surface area contributed by atoms with Crippen molar-refractivity contribution in [2.24, 2.45) is 0 Å². The Morgan fingerprint density at radius 1 is 1.17 bits per heavy atom. The Labute approximate surface area is 176 Å². The fraction of sp³-hybridized carbons (Fsp3) is 0.300. The summed E-state index contributed by atoms with van der Waals surface area (Å²) in [7, 11) is 0. The third-order valence-corrected chi connectivity index (χ3v) is 5.66. The Morgan fingerprint density at radius 3 is 2.62 bits per heavy atom. The molecule has 0 fully saturated rings. The van der Waals surface area contributed by atoms with E-state index < -0.39 is 0 Å². The summed E-state index contributed by atoms with van der Waals surface area (Å²) in [5, 5.41) is 9.43. The molecule has 0 aliphatic heterocycles. The maximum absolute atomic E-state index is 12.8. The molecule has 0 atom stereocenters. The summed E-state index contributed by atoms with van der Waals surface area (Å²) < 4.78 is 0. The molecule has 0 unspecified atom stereocenters. The van der Waals surface area contributed by atoms with Gasteiger partial charge >= 0.3 is 0 Å². The van der Waals surface area contributed by atoms with E-state index in [0.717, 1.165) is 32.0 Å². The highest BCUT2D eigenvalue weighted by atomic mass is 35.5. The van der Waals surface area contributed by atoms with Crippen molar-refractivity contribution in [2.45, 2.75) is 39.5 Å². The SMILES string of the molecule is Cc1nc2c(C(C)C)c(CC(=O)Cc3cnc(-n4nccn4)c(Cl)c3)cnc2s1. The smallest absolute Gasteiger partial charge is 0.193 e. The lowest BCUT2D eigenvalue weighted by Crippen LogP contribution is -2.11. The van der Waals surface area contributed by atoms with E-state index in [0.29, 0.717) is 17.3 Å². The van der Waals surface area contributed by atoms with Crippen LogP contribution in [0.15, 0.2) is 30.9 Å². The number of Topliss-reactive ketones (excluding diaryl/α,β-unsaturated/α-hetero) is 1. The molecular weight excluding hydrogens is 408 g/mol. The maximum atomic E-state index is 12.8. The van der Waals surface area contributed by atoms with E-state index in [4.69, 9.17) is 11.6 Å². The number of nitrogens with zero attached hydrogens (tertiary/aromatic N) is 6. The van der Waals surface area contributed by atoms with Crippen LogP contribution in [0.25, 0.3) is 16.2 Å². The topological polar surface area (TPSA) is 86.5 Å². The Balaban J connectivity index is 1.56. The first kappa shape index (κ1) is 19.6. The molecule has 0 amide bonds. The molecule has 148 valence electrons. The molecule has 0 saturated carbocycles. The highest BCUT2D eigenvalue weighted by Gasteiger charge is 2.18. The Kier molecular flexibility index (Phi) is 5.38.